The van der Waals surface area contributed by atoms with Gasteiger partial charge in [0.2, 0.25) is 0 Å². The highest BCUT2D eigenvalue weighted by atomic mass is 79.9. The van der Waals surface area contributed by atoms with Crippen LogP contribution in [0.2, 0.25) is 0 Å². The predicted octanol–water partition coefficient (Wildman–Crippen LogP) is 5.65. The van der Waals surface area contributed by atoms with Crippen LogP contribution in [0.3, 0.4) is 0 Å². The SMILES string of the molecule is O=C1NC(=Nc2ccc(F)cc2)SC1=Cc1ccc(-c2ccc([N+](=O)[O-])cc2Br)o1. The number of non-ortho nitro benzene ring substituents is 1. The van der Waals surface area contributed by atoms with E-state index in [4.69, 9.17) is 4.42 Å². The first-order chi connectivity index (χ1) is 14.4. The van der Waals surface area contributed by atoms with Gasteiger partial charge in [-0.15, -0.1) is 0 Å². The number of nitrogens with one attached hydrogen (secondary N) is 1. The molecule has 0 aliphatic carbocycles. The van der Waals surface area contributed by atoms with Crippen LogP contribution in [0.4, 0.5) is 15.8 Å². The zero-order chi connectivity index (χ0) is 21.3. The molecule has 0 radical (unpaired) electrons. The molecular weight excluding hydrogens is 477 g/mol. The van der Waals surface area contributed by atoms with Crippen LogP contribution >= 0.6 is 27.7 Å². The van der Waals surface area contributed by atoms with Gasteiger partial charge in [0, 0.05) is 28.2 Å². The third kappa shape index (κ3) is 4.34. The average molecular weight is 488 g/mol. The molecule has 30 heavy (non-hydrogen) atoms. The smallest absolute Gasteiger partial charge is 0.270 e. The number of hydrogen-bond donors (Lipinski definition) is 1. The summed E-state index contributed by atoms with van der Waals surface area (Å²) >= 11 is 4.45. The van der Waals surface area contributed by atoms with Crippen molar-refractivity contribution in [3.05, 3.63) is 85.7 Å². The Labute approximate surface area is 182 Å². The van der Waals surface area contributed by atoms with Crippen LogP contribution in [0.5, 0.6) is 0 Å². The number of furan rings is 1. The first kappa shape index (κ1) is 20.0. The van der Waals surface area contributed by atoms with Crippen LogP contribution < -0.4 is 5.32 Å². The number of aliphatic imine (C=N–C) groups is 1. The lowest BCUT2D eigenvalue weighted by Gasteiger charge is -2.00. The summed E-state index contributed by atoms with van der Waals surface area (Å²) in [5.41, 5.74) is 1.13. The van der Waals surface area contributed by atoms with Crippen LogP contribution in [0.15, 0.2) is 73.4 Å². The molecule has 1 saturated heterocycles. The number of thioether (sulfide) groups is 1. The summed E-state index contributed by atoms with van der Waals surface area (Å²) in [6.07, 6.45) is 1.58. The predicted molar refractivity (Wildman–Crippen MR) is 116 cm³/mol. The summed E-state index contributed by atoms with van der Waals surface area (Å²) in [5, 5.41) is 13.9. The second kappa shape index (κ2) is 8.25. The van der Waals surface area contributed by atoms with Crippen molar-refractivity contribution in [1.82, 2.24) is 5.32 Å². The summed E-state index contributed by atoms with van der Waals surface area (Å²) in [7, 11) is 0. The van der Waals surface area contributed by atoms with E-state index in [1.54, 1.807) is 24.3 Å². The maximum atomic E-state index is 13.0. The van der Waals surface area contributed by atoms with Gasteiger partial charge in [-0.05, 0) is 70.2 Å². The molecule has 7 nitrogen and oxygen atoms in total. The first-order valence-corrected chi connectivity index (χ1v) is 10.1. The molecule has 2 aromatic carbocycles. The fourth-order valence-corrected chi connectivity index (χ4v) is 4.02. The van der Waals surface area contributed by atoms with Crippen molar-refractivity contribution < 1.29 is 18.5 Å². The van der Waals surface area contributed by atoms with E-state index in [0.29, 0.717) is 37.3 Å². The van der Waals surface area contributed by atoms with Crippen molar-refractivity contribution in [3.63, 3.8) is 0 Å². The van der Waals surface area contributed by atoms with Crippen molar-refractivity contribution >= 4 is 56.2 Å². The molecule has 1 N–H and O–H groups in total. The number of nitro benzene ring substituents is 1. The van der Waals surface area contributed by atoms with E-state index in [2.05, 4.69) is 26.2 Å². The van der Waals surface area contributed by atoms with E-state index in [1.165, 1.54) is 36.4 Å². The van der Waals surface area contributed by atoms with Crippen LogP contribution in [0, 0.1) is 15.9 Å². The molecule has 2 heterocycles. The van der Waals surface area contributed by atoms with E-state index in [0.717, 1.165) is 11.8 Å². The molecular formula is C20H11BrFN3O4S. The Morgan fingerprint density at radius 3 is 2.63 bits per heavy atom. The molecule has 0 bridgehead atoms. The molecule has 1 aromatic heterocycles. The Bertz CT molecular complexity index is 1220. The molecule has 1 aliphatic rings. The molecule has 10 heteroatoms. The Kier molecular flexibility index (Phi) is 5.51. The number of carbonyl (C=O) groups excluding carboxylic acids is 1. The highest BCUT2D eigenvalue weighted by molar-refractivity contribution is 9.10. The van der Waals surface area contributed by atoms with Gasteiger partial charge in [-0.2, -0.15) is 0 Å². The molecule has 1 amide bonds. The lowest BCUT2D eigenvalue weighted by atomic mass is 10.1. The maximum Gasteiger partial charge on any atom is 0.270 e. The van der Waals surface area contributed by atoms with Crippen molar-refractivity contribution in [1.29, 1.82) is 0 Å². The van der Waals surface area contributed by atoms with Gasteiger partial charge in [-0.1, -0.05) is 0 Å². The van der Waals surface area contributed by atoms with Crippen LogP contribution in [-0.4, -0.2) is 16.0 Å². The van der Waals surface area contributed by atoms with Crippen molar-refractivity contribution in [2.75, 3.05) is 0 Å². The fourth-order valence-electron chi connectivity index (χ4n) is 2.64. The Morgan fingerprint density at radius 1 is 1.17 bits per heavy atom. The summed E-state index contributed by atoms with van der Waals surface area (Å²) < 4.78 is 19.3. The summed E-state index contributed by atoms with van der Waals surface area (Å²) in [5.74, 6) is 0.245. The fraction of sp³-hybridized carbons (Fsp3) is 0. The quantitative estimate of drug-likeness (QED) is 0.291. The molecule has 1 aliphatic heterocycles. The molecule has 3 aromatic rings. The summed E-state index contributed by atoms with van der Waals surface area (Å²) in [6, 6.07) is 13.4. The van der Waals surface area contributed by atoms with Crippen LogP contribution in [0.1, 0.15) is 5.76 Å². The van der Waals surface area contributed by atoms with Crippen molar-refractivity contribution in [2.45, 2.75) is 0 Å². The van der Waals surface area contributed by atoms with E-state index >= 15 is 0 Å². The molecule has 0 unspecified atom stereocenters. The highest BCUT2D eigenvalue weighted by Crippen LogP contribution is 2.34. The van der Waals surface area contributed by atoms with E-state index in [9.17, 15) is 19.3 Å². The van der Waals surface area contributed by atoms with Crippen LogP contribution in [0.25, 0.3) is 17.4 Å². The normalized spacial score (nSPS) is 16.3. The number of hydrogen-bond acceptors (Lipinski definition) is 6. The van der Waals surface area contributed by atoms with Crippen LogP contribution in [-0.2, 0) is 4.79 Å². The zero-order valence-corrected chi connectivity index (χ0v) is 17.4. The third-order valence-corrected chi connectivity index (χ3v) is 5.60. The van der Waals surface area contributed by atoms with E-state index < -0.39 is 4.92 Å². The standard InChI is InChI=1S/C20H11BrFN3O4S/c21-16-9-13(25(27)28)5-7-15(16)17-8-6-14(29-17)10-18-19(26)24-20(30-18)23-12-3-1-11(22)2-4-12/h1-10H,(H,23,24,26). The second-order valence-corrected chi connectivity index (χ2v) is 7.97. The number of amides is 1. The molecule has 0 saturated carbocycles. The number of carbonyl (C=O) groups is 1. The number of nitrogens with zero attached hydrogens (tertiary/aromatic N) is 2. The lowest BCUT2D eigenvalue weighted by Crippen LogP contribution is -2.19. The van der Waals surface area contributed by atoms with Gasteiger partial charge in [-0.3, -0.25) is 14.9 Å². The highest BCUT2D eigenvalue weighted by Gasteiger charge is 2.24. The molecule has 150 valence electrons. The molecule has 0 spiro atoms. The molecule has 4 rings (SSSR count). The minimum atomic E-state index is -0.479. The van der Waals surface area contributed by atoms with Gasteiger partial charge in [0.05, 0.1) is 15.5 Å². The number of nitro groups is 1. The minimum absolute atomic E-state index is 0.0356. The Morgan fingerprint density at radius 2 is 1.93 bits per heavy atom. The third-order valence-electron chi connectivity index (χ3n) is 4.04. The maximum absolute atomic E-state index is 13.0. The van der Waals surface area contributed by atoms with Crippen molar-refractivity contribution in [3.8, 4) is 11.3 Å². The largest absolute Gasteiger partial charge is 0.457 e. The van der Waals surface area contributed by atoms with Gasteiger partial charge < -0.3 is 9.73 Å². The van der Waals surface area contributed by atoms with E-state index in [1.807, 2.05) is 0 Å². The van der Waals surface area contributed by atoms with E-state index in [-0.39, 0.29) is 17.4 Å². The topological polar surface area (TPSA) is 97.7 Å². The summed E-state index contributed by atoms with van der Waals surface area (Å²) in [4.78, 5) is 27.3. The summed E-state index contributed by atoms with van der Waals surface area (Å²) in [6.45, 7) is 0. The first-order valence-electron chi connectivity index (χ1n) is 8.48. The molecule has 0 atom stereocenters. The Hall–Kier alpha value is -3.24. The lowest BCUT2D eigenvalue weighted by molar-refractivity contribution is -0.384. The van der Waals surface area contributed by atoms with Crippen molar-refractivity contribution in [2.24, 2.45) is 4.99 Å². The van der Waals surface area contributed by atoms with Gasteiger partial charge in [0.1, 0.15) is 17.3 Å². The number of benzene rings is 2. The average Bonchev–Trinajstić information content (AvgIpc) is 3.30. The number of rotatable bonds is 4. The van der Waals surface area contributed by atoms with Gasteiger partial charge >= 0.3 is 0 Å². The van der Waals surface area contributed by atoms with Gasteiger partial charge in [0.25, 0.3) is 11.6 Å². The Balaban J connectivity index is 1.55. The van der Waals surface area contributed by atoms with Gasteiger partial charge in [0.15, 0.2) is 5.17 Å². The molecule has 1 fully saturated rings. The number of halogens is 2. The van der Waals surface area contributed by atoms with Gasteiger partial charge in [-0.25, -0.2) is 9.38 Å². The zero-order valence-electron chi connectivity index (χ0n) is 15.0. The number of amidine groups is 1. The minimum Gasteiger partial charge on any atom is -0.457 e. The monoisotopic (exact) mass is 487 g/mol. The second-order valence-electron chi connectivity index (χ2n) is 6.08.